The van der Waals surface area contributed by atoms with Crippen LogP contribution in [0.1, 0.15) is 33.1 Å². The molecule has 0 bridgehead atoms. The van der Waals surface area contributed by atoms with E-state index < -0.39 is 24.7 Å². The zero-order valence-corrected chi connectivity index (χ0v) is 21.1. The molecule has 8 nitrogen and oxygen atoms in total. The van der Waals surface area contributed by atoms with Gasteiger partial charge >= 0.3 is 0 Å². The number of benzene rings is 2. The number of aliphatic hydroxyl groups is 1. The first-order valence-corrected chi connectivity index (χ1v) is 11.8. The maximum Gasteiger partial charge on any atom is 0.258 e. The van der Waals surface area contributed by atoms with E-state index in [0.717, 1.165) is 11.1 Å². The molecule has 0 spiro atoms. The van der Waals surface area contributed by atoms with Gasteiger partial charge in [-0.2, -0.15) is 0 Å². The van der Waals surface area contributed by atoms with Gasteiger partial charge in [-0.1, -0.05) is 47.5 Å². The molecule has 1 aliphatic carbocycles. The minimum atomic E-state index is -0.746. The van der Waals surface area contributed by atoms with E-state index in [-0.39, 0.29) is 39.3 Å². The Balaban J connectivity index is 1.56. The lowest BCUT2D eigenvalue weighted by Gasteiger charge is -2.20. The number of carbonyl (C=O) groups excluding carboxylic acids is 2. The molecule has 0 aliphatic heterocycles. The summed E-state index contributed by atoms with van der Waals surface area (Å²) in [7, 11) is 2.85. The third-order valence-corrected chi connectivity index (χ3v) is 6.61. The summed E-state index contributed by atoms with van der Waals surface area (Å²) < 4.78 is 16.6. The highest BCUT2D eigenvalue weighted by atomic mass is 35.5. The molecule has 0 radical (unpaired) electrons. The summed E-state index contributed by atoms with van der Waals surface area (Å²) >= 11 is 12.4. The minimum Gasteiger partial charge on any atom is -0.493 e. The Bertz CT molecular complexity index is 1280. The molecule has 0 fully saturated rings. The zero-order chi connectivity index (χ0) is 25.8. The monoisotopic (exact) mass is 530 g/mol. The average molecular weight is 531 g/mol. The fraction of sp³-hybridized carbons (Fsp3) is 0.269. The number of rotatable bonds is 9. The number of methoxy groups -OCH3 is 2. The quantitative estimate of drug-likeness (QED) is 0.403. The summed E-state index contributed by atoms with van der Waals surface area (Å²) in [6, 6.07) is 10.1. The second-order valence-electron chi connectivity index (χ2n) is 8.16. The Labute approximate surface area is 218 Å². The van der Waals surface area contributed by atoms with Gasteiger partial charge in [-0.25, -0.2) is 0 Å². The van der Waals surface area contributed by atoms with Crippen molar-refractivity contribution in [1.82, 2.24) is 10.3 Å². The van der Waals surface area contributed by atoms with Gasteiger partial charge in [0.25, 0.3) is 5.91 Å². The van der Waals surface area contributed by atoms with Crippen LogP contribution in [0.2, 0.25) is 10.0 Å². The fourth-order valence-corrected chi connectivity index (χ4v) is 4.72. The van der Waals surface area contributed by atoms with Gasteiger partial charge in [0.05, 0.1) is 42.0 Å². The van der Waals surface area contributed by atoms with Crippen LogP contribution in [0.5, 0.6) is 17.2 Å². The number of ether oxygens (including phenoxy) is 3. The molecule has 10 heteroatoms. The fourth-order valence-electron chi connectivity index (χ4n) is 4.22. The molecule has 1 aromatic heterocycles. The maximum absolute atomic E-state index is 13.3. The zero-order valence-electron chi connectivity index (χ0n) is 19.6. The van der Waals surface area contributed by atoms with Gasteiger partial charge in [0.15, 0.2) is 23.9 Å². The number of carbonyl (C=O) groups is 2. The summed E-state index contributed by atoms with van der Waals surface area (Å²) in [5, 5.41) is 13.8. The molecule has 1 heterocycles. The van der Waals surface area contributed by atoms with Gasteiger partial charge in [-0.15, -0.1) is 0 Å². The van der Waals surface area contributed by atoms with Gasteiger partial charge in [-0.05, 0) is 23.3 Å². The summed E-state index contributed by atoms with van der Waals surface area (Å²) in [5.74, 6) is -0.301. The largest absolute Gasteiger partial charge is 0.493 e. The van der Waals surface area contributed by atoms with Gasteiger partial charge in [-0.3, -0.25) is 14.6 Å². The van der Waals surface area contributed by atoms with Crippen LogP contribution in [0.4, 0.5) is 0 Å². The molecule has 2 atom stereocenters. The van der Waals surface area contributed by atoms with E-state index >= 15 is 0 Å². The second-order valence-corrected chi connectivity index (χ2v) is 8.98. The van der Waals surface area contributed by atoms with E-state index in [0.29, 0.717) is 17.7 Å². The van der Waals surface area contributed by atoms with Crippen molar-refractivity contribution in [2.75, 3.05) is 20.8 Å². The highest BCUT2D eigenvalue weighted by molar-refractivity contribution is 6.36. The maximum atomic E-state index is 13.3. The number of halogens is 2. The number of fused-ring (bicyclic) bond motifs is 1. The van der Waals surface area contributed by atoms with Gasteiger partial charge < -0.3 is 24.6 Å². The molecule has 1 aliphatic rings. The highest BCUT2D eigenvalue weighted by Crippen LogP contribution is 2.41. The number of nitrogens with zero attached hydrogens (tertiary/aromatic N) is 1. The van der Waals surface area contributed by atoms with Crippen LogP contribution in [-0.4, -0.2) is 48.7 Å². The number of ketones is 1. The Morgan fingerprint density at radius 3 is 2.47 bits per heavy atom. The molecule has 36 heavy (non-hydrogen) atoms. The van der Waals surface area contributed by atoms with E-state index in [9.17, 15) is 14.7 Å². The lowest BCUT2D eigenvalue weighted by Crippen LogP contribution is -2.36. The Morgan fingerprint density at radius 2 is 1.78 bits per heavy atom. The van der Waals surface area contributed by atoms with E-state index in [4.69, 9.17) is 37.4 Å². The highest BCUT2D eigenvalue weighted by Gasteiger charge is 2.32. The van der Waals surface area contributed by atoms with Crippen LogP contribution in [-0.2, 0) is 17.6 Å². The van der Waals surface area contributed by atoms with Crippen LogP contribution in [0, 0.1) is 0 Å². The van der Waals surface area contributed by atoms with E-state index in [1.54, 1.807) is 6.07 Å². The van der Waals surface area contributed by atoms with E-state index in [1.807, 2.05) is 24.3 Å². The Kier molecular flexibility index (Phi) is 7.98. The van der Waals surface area contributed by atoms with Crippen molar-refractivity contribution < 1.29 is 28.9 Å². The summed E-state index contributed by atoms with van der Waals surface area (Å²) in [4.78, 5) is 30.0. The predicted molar refractivity (Wildman–Crippen MR) is 134 cm³/mol. The first-order valence-electron chi connectivity index (χ1n) is 11.1. The van der Waals surface area contributed by atoms with Crippen molar-refractivity contribution in [3.05, 3.63) is 81.1 Å². The van der Waals surface area contributed by atoms with E-state index in [1.165, 1.54) is 32.7 Å². The number of hydrogen-bond donors (Lipinski definition) is 2. The van der Waals surface area contributed by atoms with Crippen molar-refractivity contribution >= 4 is 34.9 Å². The van der Waals surface area contributed by atoms with Crippen molar-refractivity contribution in [3.63, 3.8) is 0 Å². The van der Waals surface area contributed by atoms with Crippen molar-refractivity contribution in [2.45, 2.75) is 25.0 Å². The SMILES string of the molecule is COc1ccc(C(=O)Cc2c(Cl)cncc2Cl)c(OCC(=O)NC2c3ccccc3C[C@H]2O)c1OC. The first-order chi connectivity index (χ1) is 17.3. The van der Waals surface area contributed by atoms with Crippen molar-refractivity contribution in [3.8, 4) is 17.2 Å². The molecular weight excluding hydrogens is 507 g/mol. The number of nitrogens with one attached hydrogen (secondary N) is 1. The number of aromatic nitrogens is 1. The second kappa shape index (κ2) is 11.2. The molecule has 4 rings (SSSR count). The van der Waals surface area contributed by atoms with Crippen molar-refractivity contribution in [1.29, 1.82) is 0 Å². The number of Topliss-reactive ketones (excluding diaryl/α,β-unsaturated/α-hetero) is 1. The van der Waals surface area contributed by atoms with Gasteiger partial charge in [0, 0.05) is 30.8 Å². The normalized spacial score (nSPS) is 16.2. The van der Waals surface area contributed by atoms with Gasteiger partial charge in [0.1, 0.15) is 0 Å². The number of hydrogen-bond acceptors (Lipinski definition) is 7. The number of amides is 1. The topological polar surface area (TPSA) is 107 Å². The molecule has 0 saturated heterocycles. The summed E-state index contributed by atoms with van der Waals surface area (Å²) in [5.41, 5.74) is 2.42. The Hall–Kier alpha value is -3.33. The smallest absolute Gasteiger partial charge is 0.258 e. The van der Waals surface area contributed by atoms with Crippen LogP contribution in [0.25, 0.3) is 0 Å². The number of aliphatic hydroxyl groups excluding tert-OH is 1. The van der Waals surface area contributed by atoms with Crippen LogP contribution >= 0.6 is 23.2 Å². The molecule has 188 valence electrons. The molecule has 2 N–H and O–H groups in total. The molecule has 2 aromatic carbocycles. The first kappa shape index (κ1) is 25.8. The Morgan fingerprint density at radius 1 is 1.06 bits per heavy atom. The summed E-state index contributed by atoms with van der Waals surface area (Å²) in [6.45, 7) is -0.425. The lowest BCUT2D eigenvalue weighted by molar-refractivity contribution is -0.124. The van der Waals surface area contributed by atoms with Crippen LogP contribution in [0.3, 0.4) is 0 Å². The van der Waals surface area contributed by atoms with Crippen LogP contribution < -0.4 is 19.5 Å². The molecule has 1 unspecified atom stereocenters. The average Bonchev–Trinajstić information content (AvgIpc) is 3.18. The molecular formula is C26H24Cl2N2O6. The molecule has 0 saturated carbocycles. The van der Waals surface area contributed by atoms with Crippen LogP contribution in [0.15, 0.2) is 48.8 Å². The number of pyridine rings is 1. The van der Waals surface area contributed by atoms with Gasteiger partial charge in [0.2, 0.25) is 5.75 Å². The molecule has 1 amide bonds. The summed E-state index contributed by atoms with van der Waals surface area (Å²) in [6.07, 6.45) is 2.39. The third kappa shape index (κ3) is 5.26. The molecule has 3 aromatic rings. The standard InChI is InChI=1S/C26H24Cl2N2O6/c1-34-22-8-7-16(20(31)10-17-18(27)11-29-12-19(17)28)25(26(22)35-2)36-13-23(33)30-24-15-6-4-3-5-14(15)9-21(24)32/h3-8,11-12,21,24,32H,9-10,13H2,1-2H3,(H,30,33)/t21-,24?/m1/s1. The van der Waals surface area contributed by atoms with E-state index in [2.05, 4.69) is 10.3 Å². The third-order valence-electron chi connectivity index (χ3n) is 5.96. The lowest BCUT2D eigenvalue weighted by atomic mass is 10.0. The van der Waals surface area contributed by atoms with Crippen molar-refractivity contribution in [2.24, 2.45) is 0 Å². The minimum absolute atomic E-state index is 0.0469. The predicted octanol–water partition coefficient (Wildman–Crippen LogP) is 3.98.